The van der Waals surface area contributed by atoms with Gasteiger partial charge in [0.1, 0.15) is 10.8 Å². The smallest absolute Gasteiger partial charge is 0.231 e. The molecule has 4 heterocycles. The summed E-state index contributed by atoms with van der Waals surface area (Å²) in [6.07, 6.45) is 1.55. The van der Waals surface area contributed by atoms with Crippen LogP contribution in [0.1, 0.15) is 16.7 Å². The second-order valence-corrected chi connectivity index (χ2v) is 10.3. The van der Waals surface area contributed by atoms with Gasteiger partial charge in [0, 0.05) is 44.6 Å². The van der Waals surface area contributed by atoms with Gasteiger partial charge in [-0.3, -0.25) is 4.90 Å². The van der Waals surface area contributed by atoms with Gasteiger partial charge in [0.2, 0.25) is 6.79 Å². The molecule has 6 rings (SSSR count). The topological polar surface area (TPSA) is 98.6 Å². The maximum absolute atomic E-state index is 9.79. The van der Waals surface area contributed by atoms with Gasteiger partial charge in [-0.25, -0.2) is 4.98 Å². The number of nitriles is 1. The SMILES string of the molecule is Cc1ccc2c(c1Nc1c(C#N)cnc3nc(Nc4ccc(CN5CCN(C)CC5)cc4)sc13)OCO2. The number of nitrogens with zero attached hydrogens (tertiary/aromatic N) is 5. The summed E-state index contributed by atoms with van der Waals surface area (Å²) in [6.45, 7) is 7.55. The van der Waals surface area contributed by atoms with Crippen molar-refractivity contribution < 1.29 is 9.47 Å². The Morgan fingerprint density at radius 1 is 1.03 bits per heavy atom. The molecule has 0 aliphatic carbocycles. The number of pyridine rings is 1. The standard InChI is InChI=1S/C27H27N7O2S/c1-17-3-8-21-24(36-16-35-21)22(17)31-23-19(13-28)14-29-26-25(23)37-27(32-26)30-20-6-4-18(5-7-20)15-34-11-9-33(2)10-12-34/h3-8,14H,9-12,15-16H2,1-2H3,(H2,29,30,31,32). The van der Waals surface area contributed by atoms with E-state index in [0.29, 0.717) is 33.5 Å². The Hall–Kier alpha value is -3.91. The number of anilines is 4. The van der Waals surface area contributed by atoms with E-state index < -0.39 is 0 Å². The number of piperazine rings is 1. The monoisotopic (exact) mass is 513 g/mol. The first kappa shape index (κ1) is 23.5. The minimum absolute atomic E-state index is 0.174. The van der Waals surface area contributed by atoms with Crippen molar-refractivity contribution in [2.45, 2.75) is 13.5 Å². The largest absolute Gasteiger partial charge is 0.454 e. The number of ether oxygens (including phenoxy) is 2. The number of rotatable bonds is 6. The third-order valence-corrected chi connectivity index (χ3v) is 7.72. The zero-order valence-electron chi connectivity index (χ0n) is 20.7. The van der Waals surface area contributed by atoms with E-state index in [9.17, 15) is 5.26 Å². The molecule has 2 aliphatic rings. The number of aryl methyl sites for hydroxylation is 1. The Kier molecular flexibility index (Phi) is 6.26. The molecular weight excluding hydrogens is 486 g/mol. The molecule has 0 unspecified atom stereocenters. The van der Waals surface area contributed by atoms with Gasteiger partial charge in [-0.15, -0.1) is 0 Å². The number of hydrogen-bond donors (Lipinski definition) is 2. The van der Waals surface area contributed by atoms with Gasteiger partial charge in [0.25, 0.3) is 0 Å². The zero-order valence-corrected chi connectivity index (χ0v) is 21.6. The third kappa shape index (κ3) is 4.76. The fourth-order valence-electron chi connectivity index (χ4n) is 4.57. The van der Waals surface area contributed by atoms with Crippen LogP contribution in [0.2, 0.25) is 0 Å². The Bertz CT molecular complexity index is 1490. The highest BCUT2D eigenvalue weighted by Crippen LogP contribution is 2.44. The van der Waals surface area contributed by atoms with Crippen LogP contribution >= 0.6 is 11.3 Å². The van der Waals surface area contributed by atoms with Crippen LogP contribution < -0.4 is 20.1 Å². The third-order valence-electron chi connectivity index (χ3n) is 6.75. The summed E-state index contributed by atoms with van der Waals surface area (Å²) in [6, 6.07) is 14.6. The fraction of sp³-hybridized carbons (Fsp3) is 0.296. The molecule has 2 aromatic carbocycles. The molecule has 0 spiro atoms. The van der Waals surface area contributed by atoms with Crippen LogP contribution in [0.3, 0.4) is 0 Å². The highest BCUT2D eigenvalue weighted by molar-refractivity contribution is 7.22. The molecule has 9 nitrogen and oxygen atoms in total. The van der Waals surface area contributed by atoms with E-state index >= 15 is 0 Å². The molecule has 0 amide bonds. The van der Waals surface area contributed by atoms with Crippen molar-refractivity contribution in [1.82, 2.24) is 19.8 Å². The lowest BCUT2D eigenvalue weighted by molar-refractivity contribution is 0.148. The van der Waals surface area contributed by atoms with Gasteiger partial charge in [0.05, 0.1) is 16.9 Å². The predicted molar refractivity (Wildman–Crippen MR) is 145 cm³/mol. The molecule has 0 atom stereocenters. The average Bonchev–Trinajstić information content (AvgIpc) is 3.55. The van der Waals surface area contributed by atoms with Gasteiger partial charge in [0.15, 0.2) is 22.3 Å². The van der Waals surface area contributed by atoms with E-state index in [0.717, 1.165) is 54.4 Å². The summed E-state index contributed by atoms with van der Waals surface area (Å²) in [5.74, 6) is 1.33. The lowest BCUT2D eigenvalue weighted by atomic mass is 10.1. The van der Waals surface area contributed by atoms with Gasteiger partial charge >= 0.3 is 0 Å². The van der Waals surface area contributed by atoms with E-state index in [2.05, 4.69) is 67.8 Å². The van der Waals surface area contributed by atoms with Crippen LogP contribution in [0, 0.1) is 18.3 Å². The number of nitrogens with one attached hydrogen (secondary N) is 2. The molecule has 4 aromatic rings. The minimum Gasteiger partial charge on any atom is -0.454 e. The maximum Gasteiger partial charge on any atom is 0.231 e. The number of benzene rings is 2. The van der Waals surface area contributed by atoms with E-state index in [-0.39, 0.29) is 6.79 Å². The number of hydrogen-bond acceptors (Lipinski definition) is 10. The van der Waals surface area contributed by atoms with Crippen molar-refractivity contribution >= 4 is 43.9 Å². The normalized spacial score (nSPS) is 15.6. The van der Waals surface area contributed by atoms with Crippen LogP contribution in [-0.4, -0.2) is 59.8 Å². The second kappa shape index (κ2) is 9.86. The van der Waals surface area contributed by atoms with Crippen LogP contribution in [0.25, 0.3) is 10.3 Å². The van der Waals surface area contributed by atoms with E-state index in [1.54, 1.807) is 6.20 Å². The van der Waals surface area contributed by atoms with Gasteiger partial charge < -0.3 is 25.0 Å². The number of thiazole rings is 1. The highest BCUT2D eigenvalue weighted by Gasteiger charge is 2.22. The summed E-state index contributed by atoms with van der Waals surface area (Å²) >= 11 is 1.46. The van der Waals surface area contributed by atoms with Crippen LogP contribution in [0.15, 0.2) is 42.6 Å². The fourth-order valence-corrected chi connectivity index (χ4v) is 5.52. The second-order valence-electron chi connectivity index (χ2n) is 9.35. The molecule has 0 bridgehead atoms. The minimum atomic E-state index is 0.174. The molecule has 0 radical (unpaired) electrons. The first-order chi connectivity index (χ1) is 18.1. The molecule has 37 heavy (non-hydrogen) atoms. The Balaban J connectivity index is 1.24. The van der Waals surface area contributed by atoms with E-state index in [4.69, 9.17) is 9.47 Å². The molecule has 1 saturated heterocycles. The first-order valence-electron chi connectivity index (χ1n) is 12.2. The molecule has 188 valence electrons. The van der Waals surface area contributed by atoms with E-state index in [1.807, 2.05) is 19.1 Å². The van der Waals surface area contributed by atoms with Crippen molar-refractivity contribution in [2.24, 2.45) is 0 Å². The van der Waals surface area contributed by atoms with Crippen molar-refractivity contribution in [3.05, 3.63) is 59.3 Å². The summed E-state index contributed by atoms with van der Waals surface area (Å²) < 4.78 is 12.0. The Morgan fingerprint density at radius 3 is 2.62 bits per heavy atom. The zero-order chi connectivity index (χ0) is 25.4. The molecule has 2 aromatic heterocycles. The molecule has 2 N–H and O–H groups in total. The highest BCUT2D eigenvalue weighted by atomic mass is 32.1. The lowest BCUT2D eigenvalue weighted by Gasteiger charge is -2.32. The Labute approximate surface area is 219 Å². The summed E-state index contributed by atoms with van der Waals surface area (Å²) in [5.41, 5.74) is 5.68. The summed E-state index contributed by atoms with van der Waals surface area (Å²) in [4.78, 5) is 14.0. The summed E-state index contributed by atoms with van der Waals surface area (Å²) in [7, 11) is 2.17. The molecule has 0 saturated carbocycles. The van der Waals surface area contributed by atoms with Crippen LogP contribution in [0.5, 0.6) is 11.5 Å². The molecule has 2 aliphatic heterocycles. The van der Waals surface area contributed by atoms with Crippen molar-refractivity contribution in [3.63, 3.8) is 0 Å². The lowest BCUT2D eigenvalue weighted by Crippen LogP contribution is -2.43. The number of fused-ring (bicyclic) bond motifs is 2. The first-order valence-corrected chi connectivity index (χ1v) is 13.0. The predicted octanol–water partition coefficient (Wildman–Crippen LogP) is 4.83. The molecule has 10 heteroatoms. The quantitative estimate of drug-likeness (QED) is 0.375. The number of likely N-dealkylation sites (N-methyl/N-ethyl adjacent to an activating group) is 1. The van der Waals surface area contributed by atoms with Crippen molar-refractivity contribution in [3.8, 4) is 17.6 Å². The van der Waals surface area contributed by atoms with Gasteiger partial charge in [-0.1, -0.05) is 29.5 Å². The van der Waals surface area contributed by atoms with Crippen LogP contribution in [-0.2, 0) is 6.54 Å². The molecular formula is C27H27N7O2S. The van der Waals surface area contributed by atoms with Gasteiger partial charge in [-0.05, 0) is 43.3 Å². The summed E-state index contributed by atoms with van der Waals surface area (Å²) in [5, 5.41) is 17.3. The van der Waals surface area contributed by atoms with E-state index in [1.165, 1.54) is 16.9 Å². The van der Waals surface area contributed by atoms with Crippen molar-refractivity contribution in [1.29, 1.82) is 5.26 Å². The van der Waals surface area contributed by atoms with Crippen LogP contribution in [0.4, 0.5) is 22.2 Å². The Morgan fingerprint density at radius 2 is 1.84 bits per heavy atom. The average molecular weight is 514 g/mol. The van der Waals surface area contributed by atoms with Gasteiger partial charge in [-0.2, -0.15) is 10.2 Å². The maximum atomic E-state index is 9.79. The number of aromatic nitrogens is 2. The van der Waals surface area contributed by atoms with Crippen molar-refractivity contribution in [2.75, 3.05) is 50.7 Å². The molecule has 1 fully saturated rings.